The van der Waals surface area contributed by atoms with Crippen LogP contribution in [-0.2, 0) is 0 Å². The summed E-state index contributed by atoms with van der Waals surface area (Å²) in [4.78, 5) is 14.9. The lowest BCUT2D eigenvalue weighted by Crippen LogP contribution is -2.37. The van der Waals surface area contributed by atoms with Crippen LogP contribution in [0.1, 0.15) is 5.56 Å². The lowest BCUT2D eigenvalue weighted by atomic mass is 10.1. The van der Waals surface area contributed by atoms with Gasteiger partial charge in [0.25, 0.3) is 0 Å². The van der Waals surface area contributed by atoms with Crippen LogP contribution in [0.25, 0.3) is 10.4 Å². The van der Waals surface area contributed by atoms with Crippen LogP contribution in [-0.4, -0.2) is 35.7 Å². The zero-order valence-electron chi connectivity index (χ0n) is 12.6. The number of anilines is 1. The van der Waals surface area contributed by atoms with Crippen LogP contribution in [0, 0.1) is 6.92 Å². The summed E-state index contributed by atoms with van der Waals surface area (Å²) >= 11 is 1.68. The Balaban J connectivity index is 2.14. The minimum atomic E-state index is -0.242. The number of aryl methyl sites for hydroxylation is 1. The Kier molecular flexibility index (Phi) is 5.75. The molecule has 2 aromatic rings. The quantitative estimate of drug-likeness (QED) is 0.798. The first kappa shape index (κ1) is 16.3. The van der Waals surface area contributed by atoms with Gasteiger partial charge in [0.1, 0.15) is 0 Å². The number of carbonyl (C=O) groups excluding carboxylic acids is 1. The lowest BCUT2D eigenvalue weighted by molar-refractivity contribution is 0.195. The smallest absolute Gasteiger partial charge is 0.322 e. The molecule has 0 aliphatic rings. The molecule has 0 aliphatic heterocycles. The van der Waals surface area contributed by atoms with E-state index in [9.17, 15) is 4.79 Å². The molecule has 1 aromatic heterocycles. The van der Waals surface area contributed by atoms with Crippen LogP contribution in [0.2, 0.25) is 0 Å². The van der Waals surface area contributed by atoms with Crippen molar-refractivity contribution in [1.82, 2.24) is 4.90 Å². The molecule has 2 rings (SSSR count). The van der Waals surface area contributed by atoms with Gasteiger partial charge >= 0.3 is 6.03 Å². The molecule has 5 heteroatoms. The molecule has 4 nitrogen and oxygen atoms in total. The maximum Gasteiger partial charge on any atom is 0.322 e. The average Bonchev–Trinajstić information content (AvgIpc) is 2.93. The molecule has 0 spiro atoms. The highest BCUT2D eigenvalue weighted by Crippen LogP contribution is 2.30. The number of urea groups is 1. The van der Waals surface area contributed by atoms with Crippen molar-refractivity contribution < 1.29 is 9.90 Å². The second kappa shape index (κ2) is 7.77. The van der Waals surface area contributed by atoms with E-state index in [0.29, 0.717) is 6.54 Å². The molecule has 22 heavy (non-hydrogen) atoms. The molecular formula is C17H20N2O2S. The summed E-state index contributed by atoms with van der Waals surface area (Å²) in [5, 5.41) is 13.9. The molecule has 0 atom stereocenters. The molecule has 0 fully saturated rings. The Labute approximate surface area is 134 Å². The summed E-state index contributed by atoms with van der Waals surface area (Å²) in [6.07, 6.45) is 1.64. The van der Waals surface area contributed by atoms with Gasteiger partial charge in [-0.05, 0) is 41.6 Å². The summed E-state index contributed by atoms with van der Waals surface area (Å²) in [5.74, 6) is 0. The van der Waals surface area contributed by atoms with Crippen molar-refractivity contribution in [2.75, 3.05) is 25.0 Å². The summed E-state index contributed by atoms with van der Waals surface area (Å²) in [7, 11) is 0. The van der Waals surface area contributed by atoms with Gasteiger partial charge in [-0.3, -0.25) is 0 Å². The molecule has 0 radical (unpaired) electrons. The molecule has 0 bridgehead atoms. The number of rotatable bonds is 6. The standard InChI is InChI=1S/C17H20N2O2S/c1-3-8-19(9-10-20)17(21)18-15-6-4-5-14(12-15)16-13(2)7-11-22-16/h3-7,11-12,20H,1,8-10H2,2H3,(H,18,21). The number of amides is 2. The molecule has 0 saturated heterocycles. The van der Waals surface area contributed by atoms with Crippen LogP contribution in [0.15, 0.2) is 48.4 Å². The number of nitrogens with one attached hydrogen (secondary N) is 1. The monoisotopic (exact) mass is 316 g/mol. The van der Waals surface area contributed by atoms with Crippen molar-refractivity contribution in [3.63, 3.8) is 0 Å². The Morgan fingerprint density at radius 1 is 1.45 bits per heavy atom. The fraction of sp³-hybridized carbons (Fsp3) is 0.235. The summed E-state index contributed by atoms with van der Waals surface area (Å²) in [6, 6.07) is 9.61. The normalized spacial score (nSPS) is 10.3. The maximum absolute atomic E-state index is 12.2. The third-order valence-electron chi connectivity index (χ3n) is 3.24. The van der Waals surface area contributed by atoms with Gasteiger partial charge in [0.15, 0.2) is 0 Å². The number of carbonyl (C=O) groups is 1. The summed E-state index contributed by atoms with van der Waals surface area (Å²) in [6.45, 7) is 6.31. The van der Waals surface area contributed by atoms with Crippen molar-refractivity contribution >= 4 is 23.1 Å². The Hall–Kier alpha value is -2.11. The SMILES string of the molecule is C=CCN(CCO)C(=O)Nc1cccc(-c2sccc2C)c1. The first-order chi connectivity index (χ1) is 10.7. The minimum absolute atomic E-state index is 0.0737. The summed E-state index contributed by atoms with van der Waals surface area (Å²) in [5.41, 5.74) is 3.05. The third kappa shape index (κ3) is 3.96. The van der Waals surface area contributed by atoms with Gasteiger partial charge in [-0.25, -0.2) is 4.79 Å². The highest BCUT2D eigenvalue weighted by atomic mass is 32.1. The summed E-state index contributed by atoms with van der Waals surface area (Å²) < 4.78 is 0. The lowest BCUT2D eigenvalue weighted by Gasteiger charge is -2.20. The maximum atomic E-state index is 12.2. The Bertz CT molecular complexity index is 652. The van der Waals surface area contributed by atoms with Crippen molar-refractivity contribution in [2.45, 2.75) is 6.92 Å². The second-order valence-electron chi connectivity index (χ2n) is 4.90. The molecule has 1 heterocycles. The fourth-order valence-corrected chi connectivity index (χ4v) is 3.09. The molecule has 1 aromatic carbocycles. The fourth-order valence-electron chi connectivity index (χ4n) is 2.16. The number of aliphatic hydroxyl groups is 1. The van der Waals surface area contributed by atoms with E-state index in [-0.39, 0.29) is 19.2 Å². The average molecular weight is 316 g/mol. The van der Waals surface area contributed by atoms with Gasteiger partial charge in [0.05, 0.1) is 6.61 Å². The van der Waals surface area contributed by atoms with E-state index in [4.69, 9.17) is 5.11 Å². The minimum Gasteiger partial charge on any atom is -0.395 e. The van der Waals surface area contributed by atoms with Crippen LogP contribution in [0.5, 0.6) is 0 Å². The van der Waals surface area contributed by atoms with E-state index in [1.807, 2.05) is 24.3 Å². The molecular weight excluding hydrogens is 296 g/mol. The molecule has 116 valence electrons. The van der Waals surface area contributed by atoms with E-state index in [1.54, 1.807) is 17.4 Å². The number of hydrogen-bond donors (Lipinski definition) is 2. The molecule has 2 N–H and O–H groups in total. The Morgan fingerprint density at radius 3 is 2.91 bits per heavy atom. The molecule has 0 aliphatic carbocycles. The van der Waals surface area contributed by atoms with E-state index in [2.05, 4.69) is 30.3 Å². The highest BCUT2D eigenvalue weighted by molar-refractivity contribution is 7.13. The van der Waals surface area contributed by atoms with Crippen molar-refractivity contribution in [2.24, 2.45) is 0 Å². The van der Waals surface area contributed by atoms with E-state index in [0.717, 1.165) is 11.3 Å². The topological polar surface area (TPSA) is 52.6 Å². The van der Waals surface area contributed by atoms with Gasteiger partial charge in [0.2, 0.25) is 0 Å². The van der Waals surface area contributed by atoms with Crippen molar-refractivity contribution in [1.29, 1.82) is 0 Å². The number of nitrogens with zero attached hydrogens (tertiary/aromatic N) is 1. The van der Waals surface area contributed by atoms with Crippen LogP contribution < -0.4 is 5.32 Å². The van der Waals surface area contributed by atoms with Gasteiger partial charge in [-0.15, -0.1) is 17.9 Å². The molecule has 0 unspecified atom stereocenters. The van der Waals surface area contributed by atoms with Gasteiger partial charge in [-0.1, -0.05) is 18.2 Å². The predicted octanol–water partition coefficient (Wildman–Crippen LogP) is 3.74. The second-order valence-corrected chi connectivity index (χ2v) is 5.82. The zero-order chi connectivity index (χ0) is 15.9. The third-order valence-corrected chi connectivity index (χ3v) is 4.31. The van der Waals surface area contributed by atoms with Gasteiger partial charge in [0, 0.05) is 23.7 Å². The number of benzene rings is 1. The molecule has 0 saturated carbocycles. The first-order valence-electron chi connectivity index (χ1n) is 7.08. The van der Waals surface area contributed by atoms with Crippen molar-refractivity contribution in [3.05, 3.63) is 53.9 Å². The number of thiophene rings is 1. The highest BCUT2D eigenvalue weighted by Gasteiger charge is 2.12. The zero-order valence-corrected chi connectivity index (χ0v) is 13.4. The molecule has 2 amide bonds. The van der Waals surface area contributed by atoms with Crippen LogP contribution >= 0.6 is 11.3 Å². The van der Waals surface area contributed by atoms with Gasteiger partial charge in [-0.2, -0.15) is 0 Å². The van der Waals surface area contributed by atoms with E-state index >= 15 is 0 Å². The Morgan fingerprint density at radius 2 is 2.27 bits per heavy atom. The first-order valence-corrected chi connectivity index (χ1v) is 7.96. The van der Waals surface area contributed by atoms with Gasteiger partial charge < -0.3 is 15.3 Å². The largest absolute Gasteiger partial charge is 0.395 e. The number of aliphatic hydroxyl groups excluding tert-OH is 1. The van der Waals surface area contributed by atoms with Crippen LogP contribution in [0.3, 0.4) is 0 Å². The van der Waals surface area contributed by atoms with E-state index < -0.39 is 0 Å². The van der Waals surface area contributed by atoms with E-state index in [1.165, 1.54) is 15.3 Å². The van der Waals surface area contributed by atoms with Crippen molar-refractivity contribution in [3.8, 4) is 10.4 Å². The van der Waals surface area contributed by atoms with Crippen LogP contribution in [0.4, 0.5) is 10.5 Å². The number of hydrogen-bond acceptors (Lipinski definition) is 3. The predicted molar refractivity (Wildman–Crippen MR) is 92.4 cm³/mol.